The third-order valence-corrected chi connectivity index (χ3v) is 1.93. The second-order valence-corrected chi connectivity index (χ2v) is 5.16. The lowest BCUT2D eigenvalue weighted by molar-refractivity contribution is 0.0505. The van der Waals surface area contributed by atoms with Gasteiger partial charge < -0.3 is 4.74 Å². The van der Waals surface area contributed by atoms with Crippen molar-refractivity contribution < 1.29 is 13.9 Å². The molecule has 0 aromatic heterocycles. The first-order chi connectivity index (χ1) is 7.20. The van der Waals surface area contributed by atoms with Crippen molar-refractivity contribution >= 4 is 23.9 Å². The number of hydrogen-bond donors (Lipinski definition) is 1. The Morgan fingerprint density at radius 1 is 1.69 bits per heavy atom. The van der Waals surface area contributed by atoms with E-state index in [-0.39, 0.29) is 6.54 Å². The molecule has 1 rings (SSSR count). The van der Waals surface area contributed by atoms with E-state index in [1.807, 2.05) is 0 Å². The van der Waals surface area contributed by atoms with Crippen LogP contribution in [-0.2, 0) is 4.74 Å². The number of nitrogens with one attached hydrogen (secondary N) is 1. The highest BCUT2D eigenvalue weighted by atomic mass is 35.5. The van der Waals surface area contributed by atoms with Gasteiger partial charge in [0.05, 0.1) is 12.8 Å². The molecule has 0 bridgehead atoms. The molecule has 90 valence electrons. The van der Waals surface area contributed by atoms with Gasteiger partial charge in [-0.2, -0.15) is 0 Å². The van der Waals surface area contributed by atoms with Crippen LogP contribution in [0, 0.1) is 0 Å². The summed E-state index contributed by atoms with van der Waals surface area (Å²) in [4.78, 5) is 13.8. The van der Waals surface area contributed by atoms with Crippen LogP contribution in [0.25, 0.3) is 0 Å². The molecule has 0 aromatic rings. The molecule has 1 N–H and O–H groups in total. The van der Waals surface area contributed by atoms with Crippen LogP contribution in [-0.4, -0.2) is 29.5 Å². The highest BCUT2D eigenvalue weighted by molar-refractivity contribution is 6.26. The number of aliphatic imine (C=N–C) groups is 1. The topological polar surface area (TPSA) is 50.7 Å². The number of carbonyl (C=O) groups is 1. The number of carbonyl (C=O) groups excluding carboxylic acids is 1. The van der Waals surface area contributed by atoms with Crippen molar-refractivity contribution in [3.05, 3.63) is 11.9 Å². The molecule has 16 heavy (non-hydrogen) atoms. The highest BCUT2D eigenvalue weighted by Crippen LogP contribution is 2.20. The van der Waals surface area contributed by atoms with Gasteiger partial charge in [0.25, 0.3) is 0 Å². The molecule has 0 spiro atoms. The molecule has 6 heteroatoms. The Bertz CT molecular complexity index is 349. The number of rotatable bonds is 1. The Morgan fingerprint density at radius 3 is 2.81 bits per heavy atom. The molecule has 1 unspecified atom stereocenters. The summed E-state index contributed by atoms with van der Waals surface area (Å²) in [6.45, 7) is 5.25. The number of alkyl carbamates (subject to hydrolysis) is 1. The average Bonchev–Trinajstić information content (AvgIpc) is 1.96. The van der Waals surface area contributed by atoms with Gasteiger partial charge in [0.2, 0.25) is 0 Å². The summed E-state index contributed by atoms with van der Waals surface area (Å²) in [6, 6.07) is 0. The number of halogens is 2. The minimum atomic E-state index is -1.35. The Kier molecular flexibility index (Phi) is 3.57. The maximum Gasteiger partial charge on any atom is 0.409 e. The van der Waals surface area contributed by atoms with Gasteiger partial charge >= 0.3 is 6.09 Å². The number of alkyl halides is 1. The molecular formula is C10H14ClFN2O2. The summed E-state index contributed by atoms with van der Waals surface area (Å²) in [7, 11) is 0. The number of amides is 1. The fraction of sp³-hybridized carbons (Fsp3) is 0.600. The monoisotopic (exact) mass is 248 g/mol. The second-order valence-electron chi connectivity index (χ2n) is 4.49. The first-order valence-electron chi connectivity index (χ1n) is 4.78. The van der Waals surface area contributed by atoms with Crippen LogP contribution >= 0.6 is 11.6 Å². The molecule has 0 aromatic carbocycles. The van der Waals surface area contributed by atoms with Crippen molar-refractivity contribution in [1.29, 1.82) is 0 Å². The van der Waals surface area contributed by atoms with Crippen molar-refractivity contribution in [1.82, 2.24) is 5.32 Å². The number of hydrogen-bond acceptors (Lipinski definition) is 3. The normalized spacial score (nSPS) is 24.9. The van der Waals surface area contributed by atoms with Gasteiger partial charge in [-0.05, 0) is 26.8 Å². The van der Waals surface area contributed by atoms with Crippen molar-refractivity contribution in [3.8, 4) is 0 Å². The van der Waals surface area contributed by atoms with Gasteiger partial charge in [-0.3, -0.25) is 10.3 Å². The summed E-state index contributed by atoms with van der Waals surface area (Å²) >= 11 is 5.95. The van der Waals surface area contributed by atoms with E-state index < -0.39 is 22.5 Å². The molecule has 1 atom stereocenters. The second kappa shape index (κ2) is 4.41. The third-order valence-electron chi connectivity index (χ3n) is 1.61. The number of dihydropyridines is 1. The van der Waals surface area contributed by atoms with E-state index >= 15 is 0 Å². The standard InChI is InChI=1S/C10H14ClFN2O2/c1-9(2,3)16-8(15)14-10(11)4-7(12)5-13-6-10/h4-5H,6H2,1-3H3,(H,14,15). The first kappa shape index (κ1) is 13.0. The summed E-state index contributed by atoms with van der Waals surface area (Å²) < 4.78 is 17.9. The Hall–Kier alpha value is -1.10. The number of allylic oxidation sites excluding steroid dienone is 1. The van der Waals surface area contributed by atoms with E-state index in [0.29, 0.717) is 0 Å². The molecule has 0 saturated heterocycles. The molecule has 0 aliphatic carbocycles. The molecule has 0 saturated carbocycles. The molecule has 4 nitrogen and oxygen atoms in total. The molecule has 1 aliphatic rings. The van der Waals surface area contributed by atoms with Gasteiger partial charge in [0.15, 0.2) is 5.00 Å². The zero-order valence-electron chi connectivity index (χ0n) is 9.38. The highest BCUT2D eigenvalue weighted by Gasteiger charge is 2.31. The van der Waals surface area contributed by atoms with E-state index in [1.165, 1.54) is 0 Å². The van der Waals surface area contributed by atoms with E-state index in [1.54, 1.807) is 20.8 Å². The van der Waals surface area contributed by atoms with E-state index in [0.717, 1.165) is 12.3 Å². The zero-order valence-corrected chi connectivity index (χ0v) is 10.1. The predicted octanol–water partition coefficient (Wildman–Crippen LogP) is 2.38. The fourth-order valence-corrected chi connectivity index (χ4v) is 1.37. The van der Waals surface area contributed by atoms with E-state index in [4.69, 9.17) is 16.3 Å². The molecule has 0 fully saturated rings. The SMILES string of the molecule is CC(C)(C)OC(=O)NC1(Cl)C=C(F)C=NC1. The van der Waals surface area contributed by atoms with Crippen LogP contribution in [0.5, 0.6) is 0 Å². The van der Waals surface area contributed by atoms with Crippen molar-refractivity contribution in [3.63, 3.8) is 0 Å². The largest absolute Gasteiger partial charge is 0.444 e. The molecular weight excluding hydrogens is 235 g/mol. The van der Waals surface area contributed by atoms with E-state index in [2.05, 4.69) is 10.3 Å². The fourth-order valence-electron chi connectivity index (χ4n) is 1.12. The van der Waals surface area contributed by atoms with Crippen molar-refractivity contribution in [2.24, 2.45) is 4.99 Å². The van der Waals surface area contributed by atoms with Gasteiger partial charge in [0.1, 0.15) is 11.4 Å². The maximum atomic E-state index is 12.9. The van der Waals surface area contributed by atoms with Crippen LogP contribution in [0.2, 0.25) is 0 Å². The van der Waals surface area contributed by atoms with Gasteiger partial charge in [0, 0.05) is 0 Å². The first-order valence-corrected chi connectivity index (χ1v) is 5.16. The van der Waals surface area contributed by atoms with Gasteiger partial charge in [-0.15, -0.1) is 0 Å². The maximum absolute atomic E-state index is 12.9. The van der Waals surface area contributed by atoms with Gasteiger partial charge in [-0.1, -0.05) is 11.6 Å². The van der Waals surface area contributed by atoms with Crippen LogP contribution in [0.3, 0.4) is 0 Å². The minimum absolute atomic E-state index is 0.0707. The Balaban J connectivity index is 2.61. The van der Waals surface area contributed by atoms with Crippen molar-refractivity contribution in [2.45, 2.75) is 31.4 Å². The van der Waals surface area contributed by atoms with Crippen LogP contribution in [0.1, 0.15) is 20.8 Å². The molecule has 0 radical (unpaired) electrons. The lowest BCUT2D eigenvalue weighted by atomic mass is 10.2. The molecule has 1 heterocycles. The quantitative estimate of drug-likeness (QED) is 0.572. The van der Waals surface area contributed by atoms with E-state index in [9.17, 15) is 9.18 Å². The lowest BCUT2D eigenvalue weighted by Crippen LogP contribution is -2.47. The van der Waals surface area contributed by atoms with Crippen molar-refractivity contribution in [2.75, 3.05) is 6.54 Å². The molecule has 1 amide bonds. The smallest absolute Gasteiger partial charge is 0.409 e. The summed E-state index contributed by atoms with van der Waals surface area (Å²) in [6.07, 6.45) is 1.44. The zero-order chi connectivity index (χ0) is 12.4. The minimum Gasteiger partial charge on any atom is -0.444 e. The van der Waals surface area contributed by atoms with Crippen LogP contribution < -0.4 is 5.32 Å². The van der Waals surface area contributed by atoms with Crippen LogP contribution in [0.15, 0.2) is 16.9 Å². The number of ether oxygens (including phenoxy) is 1. The summed E-state index contributed by atoms with van der Waals surface area (Å²) in [5.41, 5.74) is -0.627. The average molecular weight is 249 g/mol. The lowest BCUT2D eigenvalue weighted by Gasteiger charge is -2.27. The van der Waals surface area contributed by atoms with Gasteiger partial charge in [-0.25, -0.2) is 9.18 Å². The molecule has 1 aliphatic heterocycles. The number of nitrogens with zero attached hydrogens (tertiary/aromatic N) is 1. The summed E-state index contributed by atoms with van der Waals surface area (Å²) in [5, 5.41) is 2.36. The Morgan fingerprint density at radius 2 is 2.31 bits per heavy atom. The van der Waals surface area contributed by atoms with Crippen LogP contribution in [0.4, 0.5) is 9.18 Å². The predicted molar refractivity (Wildman–Crippen MR) is 60.5 cm³/mol. The summed E-state index contributed by atoms with van der Waals surface area (Å²) in [5.74, 6) is -0.586. The Labute approximate surface area is 98.5 Å². The third kappa shape index (κ3) is 4.18.